The molecule has 2 rings (SSSR count). The molecule has 2 aromatic rings. The number of ether oxygens (including phenoxy) is 1. The van der Waals surface area contributed by atoms with Gasteiger partial charge in [0.2, 0.25) is 0 Å². The lowest BCUT2D eigenvalue weighted by Crippen LogP contribution is -2.02. The van der Waals surface area contributed by atoms with E-state index in [2.05, 4.69) is 4.74 Å². The molecule has 0 unspecified atom stereocenters. The summed E-state index contributed by atoms with van der Waals surface area (Å²) in [6.45, 7) is 0. The third-order valence-electron chi connectivity index (χ3n) is 2.87. The summed E-state index contributed by atoms with van der Waals surface area (Å²) in [6.07, 6.45) is 0. The lowest BCUT2D eigenvalue weighted by molar-refractivity contribution is 0.0600. The maximum atomic E-state index is 11.6. The number of phenolic OH excluding ortho intramolecular Hbond substituents is 1. The molecular formula is C15H11ClO5. The minimum Gasteiger partial charge on any atom is -0.508 e. The van der Waals surface area contributed by atoms with E-state index in [9.17, 15) is 14.7 Å². The van der Waals surface area contributed by atoms with E-state index >= 15 is 0 Å². The van der Waals surface area contributed by atoms with E-state index in [1.165, 1.54) is 31.4 Å². The number of aromatic hydroxyl groups is 1. The first-order chi connectivity index (χ1) is 9.92. The molecule has 0 heterocycles. The van der Waals surface area contributed by atoms with Gasteiger partial charge in [0.25, 0.3) is 0 Å². The van der Waals surface area contributed by atoms with Gasteiger partial charge in [0.05, 0.1) is 23.3 Å². The zero-order chi connectivity index (χ0) is 15.6. The number of rotatable bonds is 3. The van der Waals surface area contributed by atoms with Crippen LogP contribution in [0.2, 0.25) is 5.02 Å². The van der Waals surface area contributed by atoms with E-state index in [0.717, 1.165) is 6.07 Å². The Balaban J connectivity index is 2.57. The summed E-state index contributed by atoms with van der Waals surface area (Å²) in [4.78, 5) is 22.6. The predicted octanol–water partition coefficient (Wildman–Crippen LogP) is 3.20. The molecule has 0 aromatic heterocycles. The van der Waals surface area contributed by atoms with Gasteiger partial charge in [-0.1, -0.05) is 17.7 Å². The highest BCUT2D eigenvalue weighted by Crippen LogP contribution is 2.29. The van der Waals surface area contributed by atoms with Crippen LogP contribution in [0, 0.1) is 0 Å². The van der Waals surface area contributed by atoms with Crippen molar-refractivity contribution in [1.29, 1.82) is 0 Å². The minimum absolute atomic E-state index is 0.0560. The molecule has 0 atom stereocenters. The second-order valence-corrected chi connectivity index (χ2v) is 4.67. The summed E-state index contributed by atoms with van der Waals surface area (Å²) in [5.41, 5.74) is 1.10. The largest absolute Gasteiger partial charge is 0.508 e. The smallest absolute Gasteiger partial charge is 0.339 e. The maximum absolute atomic E-state index is 11.6. The molecule has 0 radical (unpaired) electrons. The number of aromatic carboxylic acids is 1. The Morgan fingerprint density at radius 1 is 1.10 bits per heavy atom. The van der Waals surface area contributed by atoms with Crippen molar-refractivity contribution in [2.24, 2.45) is 0 Å². The van der Waals surface area contributed by atoms with Crippen LogP contribution in [0.4, 0.5) is 0 Å². The van der Waals surface area contributed by atoms with Crippen LogP contribution < -0.4 is 0 Å². The van der Waals surface area contributed by atoms with Crippen molar-refractivity contribution < 1.29 is 24.5 Å². The molecule has 2 N–H and O–H groups in total. The van der Waals surface area contributed by atoms with Crippen LogP contribution >= 0.6 is 11.6 Å². The lowest BCUT2D eigenvalue weighted by atomic mass is 10.0. The molecule has 0 saturated heterocycles. The molecule has 21 heavy (non-hydrogen) atoms. The number of carbonyl (C=O) groups is 2. The first-order valence-electron chi connectivity index (χ1n) is 5.88. The average molecular weight is 307 g/mol. The van der Waals surface area contributed by atoms with E-state index in [1.807, 2.05) is 0 Å². The van der Waals surface area contributed by atoms with Crippen molar-refractivity contribution in [2.45, 2.75) is 0 Å². The van der Waals surface area contributed by atoms with Gasteiger partial charge in [-0.2, -0.15) is 0 Å². The zero-order valence-electron chi connectivity index (χ0n) is 11.0. The summed E-state index contributed by atoms with van der Waals surface area (Å²) in [6, 6.07) is 8.55. The quantitative estimate of drug-likeness (QED) is 0.851. The van der Waals surface area contributed by atoms with Crippen LogP contribution in [0.3, 0.4) is 0 Å². The Hall–Kier alpha value is -2.53. The summed E-state index contributed by atoms with van der Waals surface area (Å²) >= 11 is 5.93. The average Bonchev–Trinajstić information content (AvgIpc) is 2.46. The minimum atomic E-state index is -1.16. The molecule has 0 aliphatic heterocycles. The van der Waals surface area contributed by atoms with E-state index in [4.69, 9.17) is 16.7 Å². The Kier molecular flexibility index (Phi) is 4.14. The van der Waals surface area contributed by atoms with Crippen molar-refractivity contribution in [2.75, 3.05) is 7.11 Å². The van der Waals surface area contributed by atoms with E-state index in [1.54, 1.807) is 6.07 Å². The number of hydrogen-bond donors (Lipinski definition) is 2. The fourth-order valence-electron chi connectivity index (χ4n) is 1.87. The number of methoxy groups -OCH3 is 1. The van der Waals surface area contributed by atoms with Crippen LogP contribution in [0.15, 0.2) is 36.4 Å². The maximum Gasteiger partial charge on any atom is 0.339 e. The fraction of sp³-hybridized carbons (Fsp3) is 0.0667. The van der Waals surface area contributed by atoms with Crippen LogP contribution in [0.1, 0.15) is 20.7 Å². The Labute approximate surface area is 125 Å². The van der Waals surface area contributed by atoms with Gasteiger partial charge in [-0.05, 0) is 41.5 Å². The molecule has 0 aliphatic carbocycles. The van der Waals surface area contributed by atoms with Crippen LogP contribution in [-0.4, -0.2) is 29.3 Å². The molecule has 0 bridgehead atoms. The fourth-order valence-corrected chi connectivity index (χ4v) is 2.07. The van der Waals surface area contributed by atoms with Gasteiger partial charge in [0, 0.05) is 0 Å². The number of phenols is 1. The number of carboxylic acids is 1. The summed E-state index contributed by atoms with van der Waals surface area (Å²) in [5, 5.41) is 18.8. The third-order valence-corrected chi connectivity index (χ3v) is 3.20. The van der Waals surface area contributed by atoms with Gasteiger partial charge in [-0.3, -0.25) is 0 Å². The first kappa shape index (κ1) is 14.9. The SMILES string of the molecule is COC(=O)c1cc(-c2cc(O)cc(C(=O)O)c2)ccc1Cl. The van der Waals surface area contributed by atoms with Crippen LogP contribution in [0.25, 0.3) is 11.1 Å². The van der Waals surface area contributed by atoms with Gasteiger partial charge < -0.3 is 14.9 Å². The highest BCUT2D eigenvalue weighted by atomic mass is 35.5. The highest BCUT2D eigenvalue weighted by molar-refractivity contribution is 6.33. The number of benzene rings is 2. The van der Waals surface area contributed by atoms with Crippen LogP contribution in [-0.2, 0) is 4.74 Å². The van der Waals surface area contributed by atoms with E-state index in [-0.39, 0.29) is 21.9 Å². The predicted molar refractivity (Wildman–Crippen MR) is 76.9 cm³/mol. The van der Waals surface area contributed by atoms with Crippen LogP contribution in [0.5, 0.6) is 5.75 Å². The highest BCUT2D eigenvalue weighted by Gasteiger charge is 2.14. The van der Waals surface area contributed by atoms with Gasteiger partial charge in [0.1, 0.15) is 5.75 Å². The Morgan fingerprint density at radius 3 is 2.43 bits per heavy atom. The second kappa shape index (κ2) is 5.85. The molecule has 0 spiro atoms. The molecule has 0 amide bonds. The number of carboxylic acid groups (broad SMARTS) is 1. The number of carbonyl (C=O) groups excluding carboxylic acids is 1. The number of halogens is 1. The lowest BCUT2D eigenvalue weighted by Gasteiger charge is -2.08. The Morgan fingerprint density at radius 2 is 1.81 bits per heavy atom. The molecule has 2 aromatic carbocycles. The van der Waals surface area contributed by atoms with Gasteiger partial charge >= 0.3 is 11.9 Å². The molecule has 0 saturated carbocycles. The molecular weight excluding hydrogens is 296 g/mol. The molecule has 0 aliphatic rings. The van der Waals surface area contributed by atoms with Gasteiger partial charge in [-0.15, -0.1) is 0 Å². The number of esters is 1. The van der Waals surface area contributed by atoms with Crippen molar-refractivity contribution in [3.63, 3.8) is 0 Å². The van der Waals surface area contributed by atoms with Gasteiger partial charge in [0.15, 0.2) is 0 Å². The summed E-state index contributed by atoms with van der Waals surface area (Å²) in [5.74, 6) is -1.94. The second-order valence-electron chi connectivity index (χ2n) is 4.26. The summed E-state index contributed by atoms with van der Waals surface area (Å²) in [7, 11) is 1.24. The van der Waals surface area contributed by atoms with E-state index < -0.39 is 11.9 Å². The zero-order valence-corrected chi connectivity index (χ0v) is 11.7. The molecule has 108 valence electrons. The third kappa shape index (κ3) is 3.14. The monoisotopic (exact) mass is 306 g/mol. The van der Waals surface area contributed by atoms with Crippen molar-refractivity contribution in [1.82, 2.24) is 0 Å². The molecule has 6 heteroatoms. The first-order valence-corrected chi connectivity index (χ1v) is 6.25. The number of hydrogen-bond acceptors (Lipinski definition) is 4. The Bertz CT molecular complexity index is 724. The van der Waals surface area contributed by atoms with Crippen molar-refractivity contribution in [3.8, 4) is 16.9 Å². The molecule has 0 fully saturated rings. The van der Waals surface area contributed by atoms with Gasteiger partial charge in [-0.25, -0.2) is 9.59 Å². The standard InChI is InChI=1S/C15H11ClO5/c1-21-15(20)12-7-8(2-3-13(12)16)9-4-10(14(18)19)6-11(17)5-9/h2-7,17H,1H3,(H,18,19). The summed E-state index contributed by atoms with van der Waals surface area (Å²) < 4.78 is 4.63. The van der Waals surface area contributed by atoms with Crippen molar-refractivity contribution >= 4 is 23.5 Å². The normalized spacial score (nSPS) is 10.2. The molecule has 5 nitrogen and oxygen atoms in total. The van der Waals surface area contributed by atoms with E-state index in [0.29, 0.717) is 11.1 Å². The topological polar surface area (TPSA) is 83.8 Å². The van der Waals surface area contributed by atoms with Crippen molar-refractivity contribution in [3.05, 3.63) is 52.5 Å².